The molecule has 0 unspecified atom stereocenters. The van der Waals surface area contributed by atoms with E-state index in [1.165, 1.54) is 0 Å². The maximum atomic E-state index is 10.4. The predicted octanol–water partition coefficient (Wildman–Crippen LogP) is -5.35. The molecule has 1 aromatic rings. The van der Waals surface area contributed by atoms with Gasteiger partial charge in [0.1, 0.15) is 6.04 Å². The number of hydrogen-bond acceptors (Lipinski definition) is 2. The second kappa shape index (κ2) is 8.26. The van der Waals surface area contributed by atoms with Crippen molar-refractivity contribution in [1.82, 2.24) is 0 Å². The molecule has 3 N–H and O–H groups in total. The van der Waals surface area contributed by atoms with E-state index in [2.05, 4.69) is 0 Å². The minimum Gasteiger partial charge on any atom is -1.00 e. The number of halogens is 1. The van der Waals surface area contributed by atoms with E-state index in [1.54, 1.807) is 0 Å². The third-order valence-electron chi connectivity index (χ3n) is 1.62. The van der Waals surface area contributed by atoms with Crippen LogP contribution in [0.4, 0.5) is 0 Å². The van der Waals surface area contributed by atoms with Crippen LogP contribution in [0.1, 0.15) is 5.56 Å². The van der Waals surface area contributed by atoms with Gasteiger partial charge in [0.05, 0.1) is 0 Å². The standard InChI is InChI=1S/C9H11NO2.ClH.Na/c10-8(9(11)12)6-7-4-2-1-3-5-7;;/h1-5,8H,6,10H2,(H,11,12);1H;/q;;+1/p-1/t8-;;/m1../s1. The summed E-state index contributed by atoms with van der Waals surface area (Å²) in [7, 11) is 0. The minimum atomic E-state index is -0.959. The van der Waals surface area contributed by atoms with E-state index in [4.69, 9.17) is 10.8 Å². The van der Waals surface area contributed by atoms with Crippen molar-refractivity contribution >= 4 is 5.97 Å². The number of aliphatic carboxylic acids is 1. The fraction of sp³-hybridized carbons (Fsp3) is 0.222. The van der Waals surface area contributed by atoms with Gasteiger partial charge in [0.25, 0.3) is 0 Å². The molecule has 0 aliphatic carbocycles. The number of nitrogens with two attached hydrogens (primary N) is 1. The summed E-state index contributed by atoms with van der Waals surface area (Å²) < 4.78 is 0. The van der Waals surface area contributed by atoms with E-state index in [1.807, 2.05) is 30.3 Å². The van der Waals surface area contributed by atoms with Gasteiger partial charge in [-0.1, -0.05) is 30.3 Å². The van der Waals surface area contributed by atoms with Crippen LogP contribution in [0, 0.1) is 0 Å². The molecule has 0 saturated heterocycles. The van der Waals surface area contributed by atoms with Gasteiger partial charge in [0.15, 0.2) is 0 Å². The summed E-state index contributed by atoms with van der Waals surface area (Å²) in [5.74, 6) is -0.959. The van der Waals surface area contributed by atoms with Gasteiger partial charge in [-0.15, -0.1) is 0 Å². The molecule has 72 valence electrons. The summed E-state index contributed by atoms with van der Waals surface area (Å²) in [6.07, 6.45) is 0.385. The third-order valence-corrected chi connectivity index (χ3v) is 1.62. The van der Waals surface area contributed by atoms with Crippen molar-refractivity contribution in [2.24, 2.45) is 5.73 Å². The fourth-order valence-electron chi connectivity index (χ4n) is 0.955. The molecule has 0 aliphatic heterocycles. The molecule has 1 aromatic carbocycles. The summed E-state index contributed by atoms with van der Waals surface area (Å²) in [5, 5.41) is 8.52. The van der Waals surface area contributed by atoms with Crippen LogP contribution in [0.5, 0.6) is 0 Å². The van der Waals surface area contributed by atoms with Crippen molar-refractivity contribution in [1.29, 1.82) is 0 Å². The molecular weight excluding hydrogens is 213 g/mol. The Morgan fingerprint density at radius 2 is 1.86 bits per heavy atom. The summed E-state index contributed by atoms with van der Waals surface area (Å²) in [6.45, 7) is 0. The van der Waals surface area contributed by atoms with Gasteiger partial charge in [-0.2, -0.15) is 0 Å². The minimum absolute atomic E-state index is 0. The molecule has 0 aliphatic rings. The van der Waals surface area contributed by atoms with Crippen LogP contribution in [0.15, 0.2) is 30.3 Å². The van der Waals surface area contributed by atoms with Crippen LogP contribution in [0.25, 0.3) is 0 Å². The van der Waals surface area contributed by atoms with Crippen molar-refractivity contribution in [3.63, 3.8) is 0 Å². The van der Waals surface area contributed by atoms with Crippen LogP contribution < -0.4 is 47.7 Å². The topological polar surface area (TPSA) is 63.3 Å². The Morgan fingerprint density at radius 3 is 2.29 bits per heavy atom. The predicted molar refractivity (Wildman–Crippen MR) is 45.8 cm³/mol. The Labute approximate surface area is 111 Å². The maximum absolute atomic E-state index is 10.4. The van der Waals surface area contributed by atoms with E-state index < -0.39 is 12.0 Å². The number of benzene rings is 1. The van der Waals surface area contributed by atoms with Crippen LogP contribution in [0.2, 0.25) is 0 Å². The van der Waals surface area contributed by atoms with Crippen molar-refractivity contribution in [3.8, 4) is 0 Å². The quantitative estimate of drug-likeness (QED) is 0.503. The van der Waals surface area contributed by atoms with E-state index in [0.717, 1.165) is 5.56 Å². The van der Waals surface area contributed by atoms with Crippen LogP contribution in [0.3, 0.4) is 0 Å². The molecular formula is C9H11ClNNaO2. The van der Waals surface area contributed by atoms with E-state index in [0.29, 0.717) is 6.42 Å². The molecule has 0 saturated carbocycles. The Morgan fingerprint density at radius 1 is 1.36 bits per heavy atom. The van der Waals surface area contributed by atoms with Gasteiger partial charge in [-0.05, 0) is 12.0 Å². The smallest absolute Gasteiger partial charge is 1.00 e. The molecule has 0 fully saturated rings. The van der Waals surface area contributed by atoms with Crippen molar-refractivity contribution in [2.45, 2.75) is 12.5 Å². The van der Waals surface area contributed by atoms with Gasteiger partial charge in [-0.25, -0.2) is 0 Å². The zero-order valence-electron chi connectivity index (χ0n) is 7.98. The van der Waals surface area contributed by atoms with E-state index in [9.17, 15) is 4.79 Å². The molecule has 0 amide bonds. The summed E-state index contributed by atoms with van der Waals surface area (Å²) in [5.41, 5.74) is 6.30. The van der Waals surface area contributed by atoms with Gasteiger partial charge >= 0.3 is 35.5 Å². The summed E-state index contributed by atoms with van der Waals surface area (Å²) >= 11 is 0. The molecule has 5 heteroatoms. The average Bonchev–Trinajstić information content (AvgIpc) is 2.06. The molecule has 1 atom stereocenters. The Bertz CT molecular complexity index is 269. The van der Waals surface area contributed by atoms with Gasteiger partial charge < -0.3 is 23.2 Å². The summed E-state index contributed by atoms with van der Waals surface area (Å²) in [6, 6.07) is 8.54. The average molecular weight is 224 g/mol. The van der Waals surface area contributed by atoms with Gasteiger partial charge in [0, 0.05) is 0 Å². The Balaban J connectivity index is 0. The molecule has 0 bridgehead atoms. The van der Waals surface area contributed by atoms with Gasteiger partial charge in [0.2, 0.25) is 0 Å². The normalized spacial score (nSPS) is 10.6. The largest absolute Gasteiger partial charge is 1.00 e. The Kier molecular flexibility index (Phi) is 9.67. The van der Waals surface area contributed by atoms with Crippen molar-refractivity contribution < 1.29 is 51.9 Å². The second-order valence-corrected chi connectivity index (χ2v) is 2.63. The number of carboxylic acids is 1. The first-order valence-corrected chi connectivity index (χ1v) is 3.72. The molecule has 0 aromatic heterocycles. The fourth-order valence-corrected chi connectivity index (χ4v) is 0.955. The molecule has 3 nitrogen and oxygen atoms in total. The van der Waals surface area contributed by atoms with Crippen LogP contribution >= 0.6 is 0 Å². The van der Waals surface area contributed by atoms with Crippen LogP contribution in [-0.4, -0.2) is 17.1 Å². The first-order chi connectivity index (χ1) is 5.70. The molecule has 1 rings (SSSR count). The molecule has 0 spiro atoms. The zero-order valence-corrected chi connectivity index (χ0v) is 10.7. The van der Waals surface area contributed by atoms with Crippen molar-refractivity contribution in [3.05, 3.63) is 35.9 Å². The second-order valence-electron chi connectivity index (χ2n) is 2.63. The van der Waals surface area contributed by atoms with Gasteiger partial charge in [-0.3, -0.25) is 4.79 Å². The SMILES string of the molecule is N[C@H](Cc1ccccc1)C(=O)O.[Cl-].[Na+]. The molecule has 14 heavy (non-hydrogen) atoms. The zero-order chi connectivity index (χ0) is 8.97. The number of rotatable bonds is 3. The first-order valence-electron chi connectivity index (χ1n) is 3.72. The van der Waals surface area contributed by atoms with E-state index in [-0.39, 0.29) is 42.0 Å². The Hall–Kier alpha value is -0.0600. The van der Waals surface area contributed by atoms with E-state index >= 15 is 0 Å². The summed E-state index contributed by atoms with van der Waals surface area (Å²) in [4.78, 5) is 10.4. The monoisotopic (exact) mass is 223 g/mol. The molecule has 0 heterocycles. The maximum Gasteiger partial charge on any atom is 1.00 e. The van der Waals surface area contributed by atoms with Crippen LogP contribution in [-0.2, 0) is 11.2 Å². The number of carboxylic acid groups (broad SMARTS) is 1. The molecule has 0 radical (unpaired) electrons. The number of carbonyl (C=O) groups is 1. The first kappa shape index (κ1) is 16.4. The number of hydrogen-bond donors (Lipinski definition) is 2. The van der Waals surface area contributed by atoms with Crippen molar-refractivity contribution in [2.75, 3.05) is 0 Å². The third kappa shape index (κ3) is 5.62.